The van der Waals surface area contributed by atoms with E-state index in [0.29, 0.717) is 5.56 Å². The monoisotopic (exact) mass is 296 g/mol. The quantitative estimate of drug-likeness (QED) is 0.789. The van der Waals surface area contributed by atoms with Crippen molar-refractivity contribution >= 4 is 12.1 Å². The Labute approximate surface area is 125 Å². The molecular weight excluding hydrogens is 272 g/mol. The van der Waals surface area contributed by atoms with Gasteiger partial charge in [-0.15, -0.1) is 0 Å². The minimum absolute atomic E-state index is 0.331. The van der Waals surface area contributed by atoms with E-state index < -0.39 is 23.3 Å². The fourth-order valence-corrected chi connectivity index (χ4v) is 1.10. The Kier molecular flexibility index (Phi) is 6.92. The van der Waals surface area contributed by atoms with E-state index in [0.717, 1.165) is 0 Å². The second kappa shape index (κ2) is 7.67. The molecule has 0 amide bonds. The third kappa shape index (κ3) is 11.5. The molecule has 0 unspecified atom stereocenters. The summed E-state index contributed by atoms with van der Waals surface area (Å²) in [5, 5.41) is 8.38. The molecule has 21 heavy (non-hydrogen) atoms. The fraction of sp³-hybridized carbons (Fsp3) is 0.500. The van der Waals surface area contributed by atoms with E-state index in [1.54, 1.807) is 71.9 Å². The van der Waals surface area contributed by atoms with E-state index in [4.69, 9.17) is 14.6 Å². The summed E-state index contributed by atoms with van der Waals surface area (Å²) in [5.41, 5.74) is -0.637. The average molecular weight is 296 g/mol. The van der Waals surface area contributed by atoms with E-state index in [9.17, 15) is 9.59 Å². The first-order valence-corrected chi connectivity index (χ1v) is 6.61. The molecule has 0 aliphatic rings. The van der Waals surface area contributed by atoms with Gasteiger partial charge in [-0.25, -0.2) is 9.59 Å². The maximum absolute atomic E-state index is 11.0. The largest absolute Gasteiger partial charge is 0.509 e. The van der Waals surface area contributed by atoms with Gasteiger partial charge in [-0.05, 0) is 53.7 Å². The van der Waals surface area contributed by atoms with Crippen molar-refractivity contribution in [3.63, 3.8) is 0 Å². The van der Waals surface area contributed by atoms with Crippen LogP contribution in [-0.2, 0) is 9.47 Å². The molecule has 0 saturated heterocycles. The summed E-state index contributed by atoms with van der Waals surface area (Å²) in [6, 6.07) is 8.30. The number of rotatable bonds is 1. The Balaban J connectivity index is 0.000000394. The van der Waals surface area contributed by atoms with Gasteiger partial charge in [0.25, 0.3) is 0 Å². The summed E-state index contributed by atoms with van der Waals surface area (Å²) in [7, 11) is 0. The molecule has 0 aliphatic heterocycles. The summed E-state index contributed by atoms with van der Waals surface area (Å²) in [6.45, 7) is 10.8. The zero-order chi connectivity index (χ0) is 16.7. The summed E-state index contributed by atoms with van der Waals surface area (Å²) in [4.78, 5) is 21.2. The SMILES string of the molecule is CC(C)(C)OC(=O)OC(C)(C)C.O=C(O)c1ccccc1. The second-order valence-corrected chi connectivity index (χ2v) is 6.35. The van der Waals surface area contributed by atoms with Crippen LogP contribution in [0.15, 0.2) is 30.3 Å². The van der Waals surface area contributed by atoms with Crippen molar-refractivity contribution < 1.29 is 24.2 Å². The van der Waals surface area contributed by atoms with Gasteiger partial charge in [0.05, 0.1) is 5.56 Å². The van der Waals surface area contributed by atoms with Crippen LogP contribution in [0.2, 0.25) is 0 Å². The molecular formula is C16H24O5. The van der Waals surface area contributed by atoms with Gasteiger partial charge < -0.3 is 14.6 Å². The maximum atomic E-state index is 11.0. The number of aromatic carboxylic acids is 1. The molecule has 0 heterocycles. The lowest BCUT2D eigenvalue weighted by atomic mass is 10.2. The van der Waals surface area contributed by atoms with Gasteiger partial charge in [-0.2, -0.15) is 0 Å². The van der Waals surface area contributed by atoms with Crippen LogP contribution in [0.25, 0.3) is 0 Å². The zero-order valence-electron chi connectivity index (χ0n) is 13.5. The van der Waals surface area contributed by atoms with Crippen LogP contribution in [0.3, 0.4) is 0 Å². The van der Waals surface area contributed by atoms with E-state index in [1.165, 1.54) is 0 Å². The van der Waals surface area contributed by atoms with E-state index in [1.807, 2.05) is 0 Å². The van der Waals surface area contributed by atoms with Crippen molar-refractivity contribution in [3.8, 4) is 0 Å². The van der Waals surface area contributed by atoms with Crippen molar-refractivity contribution in [2.45, 2.75) is 52.7 Å². The number of carbonyl (C=O) groups excluding carboxylic acids is 1. The maximum Gasteiger partial charge on any atom is 0.509 e. The molecule has 0 spiro atoms. The van der Waals surface area contributed by atoms with Crippen LogP contribution >= 0.6 is 0 Å². The van der Waals surface area contributed by atoms with Gasteiger partial charge in [-0.3, -0.25) is 0 Å². The molecule has 0 fully saturated rings. The highest BCUT2D eigenvalue weighted by Gasteiger charge is 2.22. The summed E-state index contributed by atoms with van der Waals surface area (Å²) in [6.07, 6.45) is -0.616. The number of carbonyl (C=O) groups is 2. The van der Waals surface area contributed by atoms with Crippen LogP contribution in [0, 0.1) is 0 Å². The molecule has 1 aromatic carbocycles. The smallest absolute Gasteiger partial charge is 0.478 e. The molecule has 0 aliphatic carbocycles. The van der Waals surface area contributed by atoms with E-state index in [-0.39, 0.29) is 0 Å². The van der Waals surface area contributed by atoms with Crippen LogP contribution in [0.4, 0.5) is 4.79 Å². The van der Waals surface area contributed by atoms with Gasteiger partial charge in [0, 0.05) is 0 Å². The van der Waals surface area contributed by atoms with Gasteiger partial charge in [0.1, 0.15) is 11.2 Å². The molecule has 0 aromatic heterocycles. The number of carboxylic acid groups (broad SMARTS) is 1. The highest BCUT2D eigenvalue weighted by molar-refractivity contribution is 5.87. The first kappa shape index (κ1) is 19.0. The Bertz CT molecular complexity index is 434. The number of benzene rings is 1. The van der Waals surface area contributed by atoms with Gasteiger partial charge >= 0.3 is 12.1 Å². The molecule has 0 radical (unpaired) electrons. The molecule has 118 valence electrons. The molecule has 1 N–H and O–H groups in total. The zero-order valence-corrected chi connectivity index (χ0v) is 13.5. The summed E-state index contributed by atoms with van der Waals surface area (Å²) in [5.74, 6) is -0.879. The second-order valence-electron chi connectivity index (χ2n) is 6.35. The average Bonchev–Trinajstić information content (AvgIpc) is 2.25. The van der Waals surface area contributed by atoms with Crippen LogP contribution in [0.1, 0.15) is 51.9 Å². The molecule has 0 bridgehead atoms. The molecule has 0 atom stereocenters. The minimum atomic E-state index is -0.879. The Morgan fingerprint density at radius 2 is 1.24 bits per heavy atom. The number of hydrogen-bond donors (Lipinski definition) is 1. The number of ether oxygens (including phenoxy) is 2. The lowest BCUT2D eigenvalue weighted by Crippen LogP contribution is -2.30. The van der Waals surface area contributed by atoms with Crippen LogP contribution < -0.4 is 0 Å². The predicted molar refractivity (Wildman–Crippen MR) is 80.5 cm³/mol. The lowest BCUT2D eigenvalue weighted by Gasteiger charge is -2.24. The molecule has 5 nitrogen and oxygen atoms in total. The van der Waals surface area contributed by atoms with Crippen LogP contribution in [-0.4, -0.2) is 28.4 Å². The van der Waals surface area contributed by atoms with E-state index >= 15 is 0 Å². The lowest BCUT2D eigenvalue weighted by molar-refractivity contribution is -0.0468. The number of hydrogen-bond acceptors (Lipinski definition) is 4. The Hall–Kier alpha value is -2.04. The summed E-state index contributed by atoms with van der Waals surface area (Å²) < 4.78 is 9.91. The third-order valence-electron chi connectivity index (χ3n) is 1.80. The van der Waals surface area contributed by atoms with Crippen molar-refractivity contribution in [2.24, 2.45) is 0 Å². The van der Waals surface area contributed by atoms with Crippen molar-refractivity contribution in [2.75, 3.05) is 0 Å². The molecule has 1 rings (SSSR count). The topological polar surface area (TPSA) is 72.8 Å². The molecule has 5 heteroatoms. The van der Waals surface area contributed by atoms with Gasteiger partial charge in [-0.1, -0.05) is 18.2 Å². The predicted octanol–water partition coefficient (Wildman–Crippen LogP) is 4.12. The van der Waals surface area contributed by atoms with Gasteiger partial charge in [0.15, 0.2) is 0 Å². The van der Waals surface area contributed by atoms with E-state index in [2.05, 4.69) is 0 Å². The standard InChI is InChI=1S/C9H18O3.C7H6O2/c1-8(2,3)11-7(10)12-9(4,5)6;8-7(9)6-4-2-1-3-5-6/h1-6H3;1-5H,(H,8,9). The van der Waals surface area contributed by atoms with Gasteiger partial charge in [0.2, 0.25) is 0 Å². The first-order chi connectivity index (χ1) is 9.41. The fourth-order valence-electron chi connectivity index (χ4n) is 1.10. The summed E-state index contributed by atoms with van der Waals surface area (Å²) >= 11 is 0. The Morgan fingerprint density at radius 1 is 0.857 bits per heavy atom. The van der Waals surface area contributed by atoms with Crippen molar-refractivity contribution in [1.82, 2.24) is 0 Å². The first-order valence-electron chi connectivity index (χ1n) is 6.61. The molecule has 0 saturated carbocycles. The highest BCUT2D eigenvalue weighted by atomic mass is 16.7. The highest BCUT2D eigenvalue weighted by Crippen LogP contribution is 2.13. The normalized spacial score (nSPS) is 11.0. The third-order valence-corrected chi connectivity index (χ3v) is 1.80. The molecule has 1 aromatic rings. The van der Waals surface area contributed by atoms with Crippen LogP contribution in [0.5, 0.6) is 0 Å². The number of carboxylic acids is 1. The Morgan fingerprint density at radius 3 is 1.48 bits per heavy atom. The van der Waals surface area contributed by atoms with Crippen molar-refractivity contribution in [3.05, 3.63) is 35.9 Å². The minimum Gasteiger partial charge on any atom is -0.478 e. The van der Waals surface area contributed by atoms with Crippen molar-refractivity contribution in [1.29, 1.82) is 0 Å².